The molecule has 0 aliphatic heterocycles. The topological polar surface area (TPSA) is 77.2 Å². The van der Waals surface area contributed by atoms with Crippen LogP contribution in [0.4, 0.5) is 17.6 Å². The zero-order chi connectivity index (χ0) is 18.9. The van der Waals surface area contributed by atoms with Crippen LogP contribution in [0.2, 0.25) is 0 Å². The smallest absolute Gasteiger partial charge is 0.427 e. The maximum absolute atomic E-state index is 13.2. The number of benzene rings is 1. The Hall–Kier alpha value is -2.65. The molecule has 0 bridgehead atoms. The molecular weight excluding hydrogens is 358 g/mol. The van der Waals surface area contributed by atoms with Crippen LogP contribution in [0.25, 0.3) is 0 Å². The van der Waals surface area contributed by atoms with Crippen LogP contribution in [-0.4, -0.2) is 28.6 Å². The Balaban J connectivity index is 1.72. The lowest BCUT2D eigenvalue weighted by atomic mass is 10.1. The molecule has 0 spiro atoms. The van der Waals surface area contributed by atoms with Gasteiger partial charge >= 0.3 is 12.5 Å². The minimum atomic E-state index is -4.71. The van der Waals surface area contributed by atoms with Gasteiger partial charge in [0.05, 0.1) is 5.56 Å². The van der Waals surface area contributed by atoms with Gasteiger partial charge in [0.25, 0.3) is 5.91 Å². The van der Waals surface area contributed by atoms with E-state index < -0.39 is 30.2 Å². The molecule has 0 saturated heterocycles. The number of carbonyl (C=O) groups is 1. The molecule has 3 rings (SSSR count). The molecule has 1 aliphatic rings. The number of amides is 1. The minimum absolute atomic E-state index is 0.163. The maximum atomic E-state index is 13.2. The van der Waals surface area contributed by atoms with Gasteiger partial charge in [-0.15, -0.1) is 0 Å². The van der Waals surface area contributed by atoms with Gasteiger partial charge in [-0.3, -0.25) is 4.79 Å². The summed E-state index contributed by atoms with van der Waals surface area (Å²) < 4.78 is 60.1. The van der Waals surface area contributed by atoms with E-state index >= 15 is 0 Å². The second-order valence-electron chi connectivity index (χ2n) is 5.92. The number of nitrogens with zero attached hydrogens (tertiary/aromatic N) is 2. The third-order valence-corrected chi connectivity index (χ3v) is 3.75. The largest absolute Gasteiger partial charge is 0.461 e. The Labute approximate surface area is 145 Å². The molecule has 26 heavy (non-hydrogen) atoms. The van der Waals surface area contributed by atoms with Gasteiger partial charge in [-0.25, -0.2) is 0 Å². The van der Waals surface area contributed by atoms with Crippen LogP contribution in [0.3, 0.4) is 0 Å². The molecule has 1 fully saturated rings. The Morgan fingerprint density at radius 1 is 1.35 bits per heavy atom. The van der Waals surface area contributed by atoms with Crippen LogP contribution in [0.15, 0.2) is 28.8 Å². The Kier molecular flexibility index (Phi) is 4.84. The van der Waals surface area contributed by atoms with Gasteiger partial charge in [-0.2, -0.15) is 22.5 Å². The average molecular weight is 373 g/mol. The fourth-order valence-electron chi connectivity index (χ4n) is 2.20. The first-order valence-electron chi connectivity index (χ1n) is 7.86. The summed E-state index contributed by atoms with van der Waals surface area (Å²) in [6, 6.07) is 4.17. The summed E-state index contributed by atoms with van der Waals surface area (Å²) in [5.74, 6) is -0.477. The summed E-state index contributed by atoms with van der Waals surface area (Å²) in [7, 11) is 0. The highest BCUT2D eigenvalue weighted by molar-refractivity contribution is 5.97. The molecule has 1 amide bonds. The summed E-state index contributed by atoms with van der Waals surface area (Å²) in [5, 5.41) is 6.31. The summed E-state index contributed by atoms with van der Waals surface area (Å²) in [6.45, 7) is 1.57. The summed E-state index contributed by atoms with van der Waals surface area (Å²) in [5.41, 5.74) is -0.318. The highest BCUT2D eigenvalue weighted by Crippen LogP contribution is 2.38. The highest BCUT2D eigenvalue weighted by atomic mass is 19.3. The molecule has 1 N–H and O–H groups in total. The van der Waals surface area contributed by atoms with E-state index in [-0.39, 0.29) is 17.4 Å². The van der Waals surface area contributed by atoms with E-state index in [2.05, 4.69) is 20.2 Å². The number of aromatic nitrogens is 2. The zero-order valence-corrected chi connectivity index (χ0v) is 13.6. The number of ether oxygens (including phenoxy) is 1. The highest BCUT2D eigenvalue weighted by Gasteiger charge is 2.44. The van der Waals surface area contributed by atoms with E-state index in [1.807, 2.05) is 0 Å². The Bertz CT molecular complexity index is 793. The molecule has 0 unspecified atom stereocenters. The molecule has 1 atom stereocenters. The van der Waals surface area contributed by atoms with Crippen LogP contribution in [0.1, 0.15) is 53.8 Å². The monoisotopic (exact) mass is 373 g/mol. The fourth-order valence-corrected chi connectivity index (χ4v) is 2.20. The number of nitrogens with one attached hydrogen (secondary N) is 1. The first-order chi connectivity index (χ1) is 12.3. The predicted molar refractivity (Wildman–Crippen MR) is 80.2 cm³/mol. The van der Waals surface area contributed by atoms with E-state index in [1.165, 1.54) is 18.2 Å². The molecule has 1 aromatic heterocycles. The Morgan fingerprint density at radius 3 is 2.69 bits per heavy atom. The predicted octanol–water partition coefficient (Wildman–Crippen LogP) is 3.67. The molecule has 0 radical (unpaired) electrons. The zero-order valence-electron chi connectivity index (χ0n) is 13.6. The number of hydrogen-bond acceptors (Lipinski definition) is 5. The van der Waals surface area contributed by atoms with Crippen molar-refractivity contribution in [2.45, 2.75) is 44.3 Å². The lowest BCUT2D eigenvalue weighted by Gasteiger charge is -2.19. The Morgan fingerprint density at radius 2 is 2.04 bits per heavy atom. The van der Waals surface area contributed by atoms with Crippen molar-refractivity contribution in [3.8, 4) is 5.75 Å². The van der Waals surface area contributed by atoms with Crippen molar-refractivity contribution in [3.05, 3.63) is 41.5 Å². The molecule has 140 valence electrons. The van der Waals surface area contributed by atoms with Gasteiger partial charge in [0.15, 0.2) is 5.82 Å². The summed E-state index contributed by atoms with van der Waals surface area (Å²) in [6.07, 6.45) is -6.80. The van der Waals surface area contributed by atoms with Gasteiger partial charge in [0.2, 0.25) is 5.89 Å². The second kappa shape index (κ2) is 6.93. The molecule has 1 aromatic carbocycles. The van der Waals surface area contributed by atoms with E-state index in [9.17, 15) is 22.4 Å². The molecular formula is C16H15F4N3O3. The molecule has 1 heterocycles. The maximum Gasteiger partial charge on any atom is 0.461 e. The number of halogens is 4. The average Bonchev–Trinajstić information content (AvgIpc) is 3.31. The van der Waals surface area contributed by atoms with Crippen LogP contribution in [0.5, 0.6) is 5.75 Å². The normalized spacial score (nSPS) is 15.8. The van der Waals surface area contributed by atoms with Gasteiger partial charge in [-0.1, -0.05) is 17.3 Å². The summed E-state index contributed by atoms with van der Waals surface area (Å²) >= 11 is 0. The molecule has 10 heteroatoms. The van der Waals surface area contributed by atoms with Crippen LogP contribution >= 0.6 is 0 Å². The van der Waals surface area contributed by atoms with E-state index in [4.69, 9.17) is 4.52 Å². The molecule has 1 saturated carbocycles. The third kappa shape index (κ3) is 3.94. The van der Waals surface area contributed by atoms with Crippen molar-refractivity contribution >= 4 is 5.91 Å². The quantitative estimate of drug-likeness (QED) is 0.750. The standard InChI is InChI=1S/C16H15F4N3O3/c1-8(14-22-12(23-26-14)9-6-7-9)21-13(24)10-4-2-3-5-11(10)25-16(19,20)15(17)18/h2-5,8-9,15H,6-7H2,1H3,(H,21,24)/t8-/m0/s1. The fraction of sp³-hybridized carbons (Fsp3) is 0.438. The first-order valence-corrected chi connectivity index (χ1v) is 7.86. The van der Waals surface area contributed by atoms with Crippen LogP contribution < -0.4 is 10.1 Å². The lowest BCUT2D eigenvalue weighted by Crippen LogP contribution is -2.35. The van der Waals surface area contributed by atoms with Gasteiger partial charge in [0.1, 0.15) is 11.8 Å². The van der Waals surface area contributed by atoms with Crippen molar-refractivity contribution in [2.24, 2.45) is 0 Å². The van der Waals surface area contributed by atoms with Gasteiger partial charge < -0.3 is 14.6 Å². The number of para-hydroxylation sites is 1. The van der Waals surface area contributed by atoms with Crippen molar-refractivity contribution in [2.75, 3.05) is 0 Å². The third-order valence-electron chi connectivity index (χ3n) is 3.75. The minimum Gasteiger partial charge on any atom is -0.427 e. The number of alkyl halides is 4. The SMILES string of the molecule is C[C@H](NC(=O)c1ccccc1OC(F)(F)C(F)F)c1nc(C2CC2)no1. The summed E-state index contributed by atoms with van der Waals surface area (Å²) in [4.78, 5) is 16.5. The molecule has 6 nitrogen and oxygen atoms in total. The lowest BCUT2D eigenvalue weighted by molar-refractivity contribution is -0.253. The van der Waals surface area contributed by atoms with Gasteiger partial charge in [0, 0.05) is 5.92 Å². The van der Waals surface area contributed by atoms with Crippen molar-refractivity contribution in [1.29, 1.82) is 0 Å². The van der Waals surface area contributed by atoms with Crippen LogP contribution in [-0.2, 0) is 0 Å². The van der Waals surface area contributed by atoms with Crippen molar-refractivity contribution < 1.29 is 31.6 Å². The van der Waals surface area contributed by atoms with Crippen LogP contribution in [0, 0.1) is 0 Å². The number of carbonyl (C=O) groups excluding carboxylic acids is 1. The number of rotatable bonds is 7. The second-order valence-corrected chi connectivity index (χ2v) is 5.92. The van der Waals surface area contributed by atoms with E-state index in [0.29, 0.717) is 5.82 Å². The first kappa shape index (κ1) is 18.2. The molecule has 1 aliphatic carbocycles. The number of hydrogen-bond donors (Lipinski definition) is 1. The molecule has 2 aromatic rings. The van der Waals surface area contributed by atoms with Crippen molar-refractivity contribution in [1.82, 2.24) is 15.5 Å². The van der Waals surface area contributed by atoms with E-state index in [0.717, 1.165) is 18.9 Å². The van der Waals surface area contributed by atoms with E-state index in [1.54, 1.807) is 6.92 Å². The van der Waals surface area contributed by atoms with Crippen molar-refractivity contribution in [3.63, 3.8) is 0 Å². The van der Waals surface area contributed by atoms with Gasteiger partial charge in [-0.05, 0) is 31.9 Å².